The number of rotatable bonds is 13. The van der Waals surface area contributed by atoms with Crippen LogP contribution >= 0.6 is 8.38 Å². The van der Waals surface area contributed by atoms with Gasteiger partial charge in [-0.2, -0.15) is 0 Å². The molecule has 3 heteroatoms. The van der Waals surface area contributed by atoms with Gasteiger partial charge in [0.25, 0.3) is 0 Å². The van der Waals surface area contributed by atoms with Crippen LogP contribution in [0.15, 0.2) is 0 Å². The van der Waals surface area contributed by atoms with Crippen molar-refractivity contribution in [2.75, 3.05) is 0 Å². The maximum absolute atomic E-state index is 11.8. The van der Waals surface area contributed by atoms with Gasteiger partial charge in [-0.05, 0) is 30.3 Å². The van der Waals surface area contributed by atoms with E-state index in [-0.39, 0.29) is 5.66 Å². The Labute approximate surface area is 128 Å². The van der Waals surface area contributed by atoms with Crippen molar-refractivity contribution in [1.82, 2.24) is 0 Å². The third-order valence-electron chi connectivity index (χ3n) is 4.62. The van der Waals surface area contributed by atoms with Gasteiger partial charge in [-0.1, -0.05) is 79.1 Å². The van der Waals surface area contributed by atoms with Gasteiger partial charge in [0.05, 0.1) is 0 Å². The van der Waals surface area contributed by atoms with Crippen molar-refractivity contribution in [1.29, 1.82) is 0 Å². The second-order valence-electron chi connectivity index (χ2n) is 6.10. The van der Waals surface area contributed by atoms with Crippen LogP contribution < -0.4 is 9.79 Å². The quantitative estimate of drug-likeness (QED) is 0.369. The van der Waals surface area contributed by atoms with Crippen LogP contribution in [-0.4, -0.2) is 5.66 Å². The Morgan fingerprint density at radius 1 is 0.700 bits per heavy atom. The van der Waals surface area contributed by atoms with Gasteiger partial charge in [0, 0.05) is 0 Å². The predicted molar refractivity (Wildman–Crippen MR) is 86.6 cm³/mol. The zero-order chi connectivity index (χ0) is 15.4. The smallest absolute Gasteiger partial charge is 0.0370 e. The van der Waals surface area contributed by atoms with Gasteiger partial charge in [-0.15, -0.1) is 0 Å². The van der Waals surface area contributed by atoms with E-state index >= 15 is 0 Å². The minimum atomic E-state index is -2.30. The van der Waals surface area contributed by atoms with Crippen LogP contribution in [0.3, 0.4) is 0 Å². The van der Waals surface area contributed by atoms with Gasteiger partial charge >= 0.3 is 0 Å². The molecule has 0 heterocycles. The summed E-state index contributed by atoms with van der Waals surface area (Å²) in [6.45, 7) is 8.71. The van der Waals surface area contributed by atoms with Gasteiger partial charge in [-0.25, -0.2) is 0 Å². The predicted octanol–water partition coefficient (Wildman–Crippen LogP) is 4.60. The summed E-state index contributed by atoms with van der Waals surface area (Å²) in [6, 6.07) is 0. The molecule has 0 aromatic rings. The van der Waals surface area contributed by atoms with Crippen molar-refractivity contribution in [3.63, 3.8) is 0 Å². The first kappa shape index (κ1) is 20.3. The van der Waals surface area contributed by atoms with Crippen LogP contribution in [0.25, 0.3) is 0 Å². The number of hydrogen-bond donors (Lipinski definition) is 0. The molecule has 0 spiro atoms. The first-order valence-electron chi connectivity index (χ1n) is 8.75. The summed E-state index contributed by atoms with van der Waals surface area (Å²) in [7, 11) is -2.30. The van der Waals surface area contributed by atoms with Crippen molar-refractivity contribution in [3.05, 3.63) is 0 Å². The highest BCUT2D eigenvalue weighted by Crippen LogP contribution is 2.41. The van der Waals surface area contributed by atoms with Crippen LogP contribution in [0.5, 0.6) is 0 Å². The molecule has 0 amide bonds. The molecule has 0 fully saturated rings. The van der Waals surface area contributed by atoms with Gasteiger partial charge in [0.15, 0.2) is 0 Å². The SMILES string of the molecule is CCCCCC(CC)C(C(CC)CCCCC)P([O-])[O-]. The normalized spacial score (nSPS) is 16.4. The lowest BCUT2D eigenvalue weighted by molar-refractivity contribution is -0.297. The van der Waals surface area contributed by atoms with Gasteiger partial charge in [-0.3, -0.25) is 0 Å². The molecule has 20 heavy (non-hydrogen) atoms. The fraction of sp³-hybridized carbons (Fsp3) is 1.00. The van der Waals surface area contributed by atoms with Crippen LogP contribution in [0.1, 0.15) is 91.9 Å². The van der Waals surface area contributed by atoms with Crippen molar-refractivity contribution in [2.24, 2.45) is 11.8 Å². The Kier molecular flexibility index (Phi) is 13.3. The molecular weight excluding hydrogens is 267 g/mol. The van der Waals surface area contributed by atoms with E-state index in [9.17, 15) is 9.79 Å². The molecule has 0 bridgehead atoms. The molecule has 2 unspecified atom stereocenters. The summed E-state index contributed by atoms with van der Waals surface area (Å²) in [4.78, 5) is 23.6. The molecule has 122 valence electrons. The first-order valence-corrected chi connectivity index (χ1v) is 10.00. The van der Waals surface area contributed by atoms with E-state index in [1.165, 1.54) is 38.5 Å². The lowest BCUT2D eigenvalue weighted by Gasteiger charge is -2.48. The molecule has 0 saturated carbocycles. The highest BCUT2D eigenvalue weighted by molar-refractivity contribution is 7.42. The van der Waals surface area contributed by atoms with E-state index in [2.05, 4.69) is 27.7 Å². The molecule has 0 aliphatic carbocycles. The fourth-order valence-corrected chi connectivity index (χ4v) is 4.68. The minimum absolute atomic E-state index is 0.0892. The van der Waals surface area contributed by atoms with E-state index in [1.54, 1.807) is 0 Å². The second kappa shape index (κ2) is 13.0. The molecular formula is C17H35O2P-2. The van der Waals surface area contributed by atoms with Crippen LogP contribution in [0.4, 0.5) is 0 Å². The van der Waals surface area contributed by atoms with E-state index < -0.39 is 8.38 Å². The van der Waals surface area contributed by atoms with Crippen molar-refractivity contribution >= 4 is 8.38 Å². The summed E-state index contributed by atoms with van der Waals surface area (Å²) in [5, 5.41) is 0. The Balaban J connectivity index is 4.59. The van der Waals surface area contributed by atoms with E-state index in [1.807, 2.05) is 0 Å². The Morgan fingerprint density at radius 3 is 1.35 bits per heavy atom. The minimum Gasteiger partial charge on any atom is -0.841 e. The number of hydrogen-bond acceptors (Lipinski definition) is 2. The molecule has 0 aromatic heterocycles. The zero-order valence-corrected chi connectivity index (χ0v) is 15.0. The Bertz CT molecular complexity index is 191. The molecule has 2 atom stereocenters. The summed E-state index contributed by atoms with van der Waals surface area (Å²) in [5.74, 6) is 0.739. The van der Waals surface area contributed by atoms with Crippen molar-refractivity contribution in [3.8, 4) is 0 Å². The Morgan fingerprint density at radius 2 is 1.10 bits per heavy atom. The largest absolute Gasteiger partial charge is 0.841 e. The third kappa shape index (κ3) is 7.96. The summed E-state index contributed by atoms with van der Waals surface area (Å²) < 4.78 is 0. The third-order valence-corrected chi connectivity index (χ3v) is 5.95. The van der Waals surface area contributed by atoms with Gasteiger partial charge in [0.1, 0.15) is 0 Å². The van der Waals surface area contributed by atoms with Crippen LogP contribution in [0.2, 0.25) is 0 Å². The second-order valence-corrected chi connectivity index (χ2v) is 7.27. The molecule has 0 aliphatic rings. The maximum atomic E-state index is 11.8. The molecule has 0 aliphatic heterocycles. The van der Waals surface area contributed by atoms with E-state index in [4.69, 9.17) is 0 Å². The summed E-state index contributed by atoms with van der Waals surface area (Å²) >= 11 is 0. The van der Waals surface area contributed by atoms with E-state index in [0.29, 0.717) is 11.8 Å². The van der Waals surface area contributed by atoms with Crippen LogP contribution in [-0.2, 0) is 0 Å². The monoisotopic (exact) mass is 302 g/mol. The zero-order valence-electron chi connectivity index (χ0n) is 14.1. The van der Waals surface area contributed by atoms with Crippen molar-refractivity contribution in [2.45, 2.75) is 97.6 Å². The molecule has 0 radical (unpaired) electrons. The molecule has 2 nitrogen and oxygen atoms in total. The standard InChI is InChI=1S/C17H35O2P/c1-5-9-11-13-15(7-3)17(20(18)19)16(8-4)14-12-10-6-2/h15-17H,5-14H2,1-4H3/q-2. The number of unbranched alkanes of at least 4 members (excludes halogenated alkanes) is 4. The van der Waals surface area contributed by atoms with E-state index in [0.717, 1.165) is 25.7 Å². The first-order chi connectivity index (χ1) is 9.62. The average Bonchev–Trinajstić information content (AvgIpc) is 2.44. The highest BCUT2D eigenvalue weighted by Gasteiger charge is 2.24. The molecule has 0 rings (SSSR count). The maximum Gasteiger partial charge on any atom is -0.0370 e. The lowest BCUT2D eigenvalue weighted by atomic mass is 9.84. The molecule has 0 aromatic carbocycles. The average molecular weight is 302 g/mol. The lowest BCUT2D eigenvalue weighted by Crippen LogP contribution is -2.34. The van der Waals surface area contributed by atoms with Gasteiger partial charge < -0.3 is 18.2 Å². The van der Waals surface area contributed by atoms with Crippen molar-refractivity contribution < 1.29 is 9.79 Å². The molecule has 0 saturated heterocycles. The summed E-state index contributed by atoms with van der Waals surface area (Å²) in [6.07, 6.45) is 11.4. The Hall–Kier alpha value is 0.350. The summed E-state index contributed by atoms with van der Waals surface area (Å²) in [5.41, 5.74) is -0.0892. The topological polar surface area (TPSA) is 46.1 Å². The van der Waals surface area contributed by atoms with Crippen LogP contribution in [0, 0.1) is 11.8 Å². The molecule has 0 N–H and O–H groups in total. The highest BCUT2D eigenvalue weighted by atomic mass is 31.2. The fourth-order valence-electron chi connectivity index (χ4n) is 3.27. The van der Waals surface area contributed by atoms with Gasteiger partial charge in [0.2, 0.25) is 0 Å².